The van der Waals surface area contributed by atoms with Crippen LogP contribution in [0.5, 0.6) is 0 Å². The van der Waals surface area contributed by atoms with Gasteiger partial charge in [0, 0.05) is 43.5 Å². The van der Waals surface area contributed by atoms with Crippen LogP contribution in [0.4, 0.5) is 5.69 Å². The van der Waals surface area contributed by atoms with E-state index in [1.54, 1.807) is 0 Å². The Hall–Kier alpha value is -2.29. The van der Waals surface area contributed by atoms with Gasteiger partial charge in [-0.25, -0.2) is 0 Å². The molecule has 6 aliphatic rings. The SMILES string of the molecule is OC12CC3CC(C1)C(Nc1c(-c4noc(CNC5CCOCC5)n4)cnc4c1C=CC4)C(C3)C2. The molecule has 2 atom stereocenters. The summed E-state index contributed by atoms with van der Waals surface area (Å²) in [5, 5.41) is 22.8. The molecule has 2 unspecified atom stereocenters. The van der Waals surface area contributed by atoms with Gasteiger partial charge < -0.3 is 25.0 Å². The van der Waals surface area contributed by atoms with Gasteiger partial charge in [0.25, 0.3) is 0 Å². The van der Waals surface area contributed by atoms with E-state index in [0.717, 1.165) is 74.2 Å². The minimum absolute atomic E-state index is 0.373. The third-order valence-electron chi connectivity index (χ3n) is 8.82. The largest absolute Gasteiger partial charge is 0.390 e. The summed E-state index contributed by atoms with van der Waals surface area (Å²) in [5.74, 6) is 2.90. The van der Waals surface area contributed by atoms with E-state index in [1.807, 2.05) is 6.20 Å². The van der Waals surface area contributed by atoms with Crippen LogP contribution in [0.25, 0.3) is 17.5 Å². The monoisotopic (exact) mass is 463 g/mol. The maximum absolute atomic E-state index is 11.0. The van der Waals surface area contributed by atoms with E-state index >= 15 is 0 Å². The van der Waals surface area contributed by atoms with Crippen LogP contribution in [0.15, 0.2) is 16.8 Å². The number of pyridine rings is 1. The molecule has 2 aromatic rings. The van der Waals surface area contributed by atoms with Crippen molar-refractivity contribution in [1.82, 2.24) is 20.4 Å². The van der Waals surface area contributed by atoms with Crippen molar-refractivity contribution in [3.8, 4) is 11.4 Å². The number of hydrogen-bond acceptors (Lipinski definition) is 8. The number of nitrogens with one attached hydrogen (secondary N) is 2. The number of rotatable bonds is 6. The smallest absolute Gasteiger partial charge is 0.240 e. The zero-order valence-electron chi connectivity index (χ0n) is 19.5. The molecule has 5 aliphatic carbocycles. The quantitative estimate of drug-likeness (QED) is 0.599. The second kappa shape index (κ2) is 8.14. The molecule has 180 valence electrons. The van der Waals surface area contributed by atoms with Crippen LogP contribution in [0.3, 0.4) is 0 Å². The lowest BCUT2D eigenvalue weighted by Crippen LogP contribution is -2.59. The highest BCUT2D eigenvalue weighted by molar-refractivity contribution is 5.84. The van der Waals surface area contributed by atoms with Crippen molar-refractivity contribution >= 4 is 11.8 Å². The number of anilines is 1. The normalized spacial score (nSPS) is 34.0. The van der Waals surface area contributed by atoms with Crippen molar-refractivity contribution in [3.05, 3.63) is 29.4 Å². The zero-order chi connectivity index (χ0) is 22.7. The van der Waals surface area contributed by atoms with Crippen molar-refractivity contribution in [2.75, 3.05) is 18.5 Å². The van der Waals surface area contributed by atoms with Crippen molar-refractivity contribution in [1.29, 1.82) is 0 Å². The molecule has 3 heterocycles. The fraction of sp³-hybridized carbons (Fsp3) is 0.654. The topological polar surface area (TPSA) is 105 Å². The van der Waals surface area contributed by atoms with E-state index in [4.69, 9.17) is 19.2 Å². The van der Waals surface area contributed by atoms with Crippen molar-refractivity contribution in [2.24, 2.45) is 17.8 Å². The predicted octanol–water partition coefficient (Wildman–Crippen LogP) is 3.32. The molecule has 8 rings (SSSR count). The summed E-state index contributed by atoms with van der Waals surface area (Å²) >= 11 is 0. The number of aromatic nitrogens is 3. The Morgan fingerprint density at radius 1 is 1.12 bits per heavy atom. The van der Waals surface area contributed by atoms with Crippen LogP contribution < -0.4 is 10.6 Å². The van der Waals surface area contributed by atoms with E-state index in [9.17, 15) is 5.11 Å². The van der Waals surface area contributed by atoms with Crippen LogP contribution in [0, 0.1) is 17.8 Å². The molecule has 8 heteroatoms. The van der Waals surface area contributed by atoms with Crippen LogP contribution in [-0.2, 0) is 17.7 Å². The van der Waals surface area contributed by atoms with Crippen molar-refractivity contribution < 1.29 is 14.4 Å². The minimum atomic E-state index is -0.433. The molecule has 0 amide bonds. The Labute approximate surface area is 199 Å². The van der Waals surface area contributed by atoms with Gasteiger partial charge >= 0.3 is 0 Å². The Kier molecular flexibility index (Phi) is 5.03. The predicted molar refractivity (Wildman–Crippen MR) is 127 cm³/mol. The maximum Gasteiger partial charge on any atom is 0.240 e. The Balaban J connectivity index is 1.16. The minimum Gasteiger partial charge on any atom is -0.390 e. The summed E-state index contributed by atoms with van der Waals surface area (Å²) in [6.07, 6.45) is 14.4. The third-order valence-corrected chi connectivity index (χ3v) is 8.82. The second-order valence-electron chi connectivity index (χ2n) is 11.2. The highest BCUT2D eigenvalue weighted by atomic mass is 16.5. The summed E-state index contributed by atoms with van der Waals surface area (Å²) in [4.78, 5) is 9.46. The van der Waals surface area contributed by atoms with E-state index in [-0.39, 0.29) is 0 Å². The van der Waals surface area contributed by atoms with Crippen LogP contribution in [0.1, 0.15) is 62.1 Å². The first kappa shape index (κ1) is 21.0. The zero-order valence-corrected chi connectivity index (χ0v) is 19.5. The first-order valence-electron chi connectivity index (χ1n) is 12.9. The van der Waals surface area contributed by atoms with Gasteiger partial charge in [-0.2, -0.15) is 4.98 Å². The van der Waals surface area contributed by atoms with Gasteiger partial charge in [0.1, 0.15) is 0 Å². The summed E-state index contributed by atoms with van der Waals surface area (Å²) < 4.78 is 11.1. The highest BCUT2D eigenvalue weighted by Crippen LogP contribution is 2.56. The summed E-state index contributed by atoms with van der Waals surface area (Å²) in [6.45, 7) is 2.17. The van der Waals surface area contributed by atoms with E-state index in [1.165, 1.54) is 12.8 Å². The molecule has 34 heavy (non-hydrogen) atoms. The lowest BCUT2D eigenvalue weighted by Gasteiger charge is -2.58. The molecule has 0 radical (unpaired) electrons. The van der Waals surface area contributed by atoms with Gasteiger partial charge in [0.2, 0.25) is 11.7 Å². The van der Waals surface area contributed by atoms with Gasteiger partial charge in [0.15, 0.2) is 0 Å². The third kappa shape index (κ3) is 3.67. The molecular formula is C26H33N5O3. The highest BCUT2D eigenvalue weighted by Gasteiger charge is 2.54. The fourth-order valence-electron chi connectivity index (χ4n) is 7.47. The number of nitrogens with zero attached hydrogens (tertiary/aromatic N) is 3. The molecule has 1 aliphatic heterocycles. The molecule has 1 saturated heterocycles. The van der Waals surface area contributed by atoms with Gasteiger partial charge in [-0.3, -0.25) is 4.98 Å². The average Bonchev–Trinajstić information content (AvgIpc) is 3.49. The molecule has 4 bridgehead atoms. The molecule has 0 spiro atoms. The molecule has 8 nitrogen and oxygen atoms in total. The number of aliphatic hydroxyl groups is 1. The van der Waals surface area contributed by atoms with Crippen molar-refractivity contribution in [2.45, 2.75) is 75.6 Å². The van der Waals surface area contributed by atoms with Crippen LogP contribution in [-0.4, -0.2) is 51.1 Å². The molecule has 2 aromatic heterocycles. The van der Waals surface area contributed by atoms with Gasteiger partial charge in [-0.15, -0.1) is 0 Å². The number of hydrogen-bond donors (Lipinski definition) is 3. The summed E-state index contributed by atoms with van der Waals surface area (Å²) in [5.41, 5.74) is 3.79. The molecule has 4 saturated carbocycles. The van der Waals surface area contributed by atoms with Crippen LogP contribution in [0.2, 0.25) is 0 Å². The lowest BCUT2D eigenvalue weighted by atomic mass is 9.52. The molecular weight excluding hydrogens is 430 g/mol. The standard InChI is InChI=1S/C26H33N5O3/c32-26-10-15-8-16(11-26)23(17(9-15)12-26)30-24-19-2-1-3-21(19)28-13-20(24)25-29-22(34-31-25)14-27-18-4-6-33-7-5-18/h1-2,13,15-18,23,27,32H,3-12,14H2,(H,28,30). The van der Waals surface area contributed by atoms with Gasteiger partial charge in [-0.05, 0) is 62.7 Å². The average molecular weight is 464 g/mol. The van der Waals surface area contributed by atoms with Gasteiger partial charge in [-0.1, -0.05) is 17.3 Å². The summed E-state index contributed by atoms with van der Waals surface area (Å²) in [6, 6.07) is 0.803. The lowest BCUT2D eigenvalue weighted by molar-refractivity contribution is -0.129. The Bertz CT molecular complexity index is 1090. The first-order valence-corrected chi connectivity index (χ1v) is 12.9. The number of allylic oxidation sites excluding steroid dienone is 1. The van der Waals surface area contributed by atoms with Crippen LogP contribution >= 0.6 is 0 Å². The second-order valence-corrected chi connectivity index (χ2v) is 11.2. The maximum atomic E-state index is 11.0. The van der Waals surface area contributed by atoms with Crippen molar-refractivity contribution in [3.63, 3.8) is 0 Å². The Morgan fingerprint density at radius 2 is 1.94 bits per heavy atom. The summed E-state index contributed by atoms with van der Waals surface area (Å²) in [7, 11) is 0. The number of ether oxygens (including phenoxy) is 1. The van der Waals surface area contributed by atoms with E-state index in [0.29, 0.717) is 48.1 Å². The molecule has 0 aromatic carbocycles. The Morgan fingerprint density at radius 3 is 2.74 bits per heavy atom. The van der Waals surface area contributed by atoms with Gasteiger partial charge in [0.05, 0.1) is 29.1 Å². The molecule has 3 N–H and O–H groups in total. The first-order chi connectivity index (χ1) is 16.6. The number of fused-ring (bicyclic) bond motifs is 1. The van der Waals surface area contributed by atoms with E-state index in [2.05, 4.69) is 27.9 Å². The fourth-order valence-corrected chi connectivity index (χ4v) is 7.47. The van der Waals surface area contributed by atoms with E-state index < -0.39 is 5.60 Å². The molecule has 5 fully saturated rings.